The van der Waals surface area contributed by atoms with Crippen LogP contribution in [0.15, 0.2) is 71.1 Å². The van der Waals surface area contributed by atoms with Crippen LogP contribution in [0.4, 0.5) is 4.39 Å². The van der Waals surface area contributed by atoms with E-state index in [4.69, 9.17) is 4.42 Å². The second kappa shape index (κ2) is 9.05. The van der Waals surface area contributed by atoms with Crippen LogP contribution in [0.2, 0.25) is 0 Å². The van der Waals surface area contributed by atoms with Gasteiger partial charge in [0.1, 0.15) is 11.6 Å². The molecule has 1 amide bonds. The number of carbonyl (C=O) groups is 1. The first-order chi connectivity index (χ1) is 14.2. The molecule has 0 bridgehead atoms. The molecule has 5 heteroatoms. The topological polar surface area (TPSA) is 36.7 Å². The molecule has 0 atom stereocenters. The first kappa shape index (κ1) is 19.4. The van der Waals surface area contributed by atoms with Gasteiger partial charge in [-0.15, -0.1) is 0 Å². The van der Waals surface area contributed by atoms with Gasteiger partial charge in [0.05, 0.1) is 6.54 Å². The highest BCUT2D eigenvalue weighted by atomic mass is 19.1. The Kier molecular flexibility index (Phi) is 6.06. The maximum absolute atomic E-state index is 13.3. The number of likely N-dealkylation sites (tertiary alicyclic amines) is 1. The monoisotopic (exact) mass is 392 g/mol. The Morgan fingerprint density at radius 2 is 1.52 bits per heavy atom. The van der Waals surface area contributed by atoms with Crippen molar-refractivity contribution in [3.8, 4) is 0 Å². The van der Waals surface area contributed by atoms with Crippen LogP contribution in [0.1, 0.15) is 40.3 Å². The van der Waals surface area contributed by atoms with Gasteiger partial charge in [-0.3, -0.25) is 9.69 Å². The molecule has 1 aliphatic heterocycles. The third kappa shape index (κ3) is 5.12. The van der Waals surface area contributed by atoms with E-state index in [0.29, 0.717) is 18.8 Å². The first-order valence-corrected chi connectivity index (χ1v) is 10.1. The Bertz CT molecular complexity index is 931. The van der Waals surface area contributed by atoms with Gasteiger partial charge in [0.2, 0.25) is 0 Å². The average Bonchev–Trinajstić information content (AvgIpc) is 3.42. The van der Waals surface area contributed by atoms with E-state index in [9.17, 15) is 9.18 Å². The van der Waals surface area contributed by atoms with Crippen molar-refractivity contribution in [1.29, 1.82) is 0 Å². The van der Waals surface area contributed by atoms with Crippen molar-refractivity contribution in [2.75, 3.05) is 13.1 Å². The summed E-state index contributed by atoms with van der Waals surface area (Å²) in [5.41, 5.74) is 2.22. The lowest BCUT2D eigenvalue weighted by Gasteiger charge is -2.21. The fourth-order valence-electron chi connectivity index (χ4n) is 3.73. The number of amides is 1. The molecule has 2 aromatic carbocycles. The lowest BCUT2D eigenvalue weighted by atomic mass is 10.1. The molecule has 1 fully saturated rings. The molecule has 4 nitrogen and oxygen atoms in total. The maximum atomic E-state index is 13.3. The third-order valence-electron chi connectivity index (χ3n) is 5.21. The number of benzene rings is 2. The van der Waals surface area contributed by atoms with Gasteiger partial charge in [0, 0.05) is 26.2 Å². The average molecular weight is 392 g/mol. The number of halogens is 1. The van der Waals surface area contributed by atoms with E-state index in [1.807, 2.05) is 29.2 Å². The molecular weight excluding hydrogens is 367 g/mol. The summed E-state index contributed by atoms with van der Waals surface area (Å²) in [7, 11) is 0. The summed E-state index contributed by atoms with van der Waals surface area (Å²) < 4.78 is 19.1. The number of hydrogen-bond acceptors (Lipinski definition) is 3. The zero-order valence-electron chi connectivity index (χ0n) is 16.4. The number of rotatable bonds is 7. The lowest BCUT2D eigenvalue weighted by Crippen LogP contribution is -2.27. The van der Waals surface area contributed by atoms with Crippen molar-refractivity contribution in [3.05, 3.63) is 95.2 Å². The molecule has 0 aliphatic carbocycles. The second-order valence-corrected chi connectivity index (χ2v) is 7.52. The van der Waals surface area contributed by atoms with Crippen LogP contribution in [0.25, 0.3) is 0 Å². The maximum Gasteiger partial charge on any atom is 0.289 e. The van der Waals surface area contributed by atoms with E-state index in [2.05, 4.69) is 17.0 Å². The van der Waals surface area contributed by atoms with Gasteiger partial charge in [0.15, 0.2) is 5.76 Å². The van der Waals surface area contributed by atoms with Crippen molar-refractivity contribution in [3.63, 3.8) is 0 Å². The Hall–Kier alpha value is -2.92. The normalized spacial score (nSPS) is 13.9. The highest BCUT2D eigenvalue weighted by molar-refractivity contribution is 5.91. The van der Waals surface area contributed by atoms with Crippen LogP contribution in [0.5, 0.6) is 0 Å². The standard InChI is InChI=1S/C24H25FN2O2/c25-21-10-8-20(9-11-21)17-26(16-19-6-2-1-3-7-19)18-22-12-13-23(29-22)24(28)27-14-4-5-15-27/h1-3,6-13H,4-5,14-18H2. The van der Waals surface area contributed by atoms with Crippen LogP contribution < -0.4 is 0 Å². The molecule has 0 radical (unpaired) electrons. The van der Waals surface area contributed by atoms with Crippen molar-refractivity contribution in [2.24, 2.45) is 0 Å². The molecule has 0 unspecified atom stereocenters. The van der Waals surface area contributed by atoms with Gasteiger partial charge in [-0.2, -0.15) is 0 Å². The van der Waals surface area contributed by atoms with E-state index in [0.717, 1.165) is 43.8 Å². The summed E-state index contributed by atoms with van der Waals surface area (Å²) in [5, 5.41) is 0. The third-order valence-corrected chi connectivity index (χ3v) is 5.21. The summed E-state index contributed by atoms with van der Waals surface area (Å²) in [6.45, 7) is 3.57. The quantitative estimate of drug-likeness (QED) is 0.576. The van der Waals surface area contributed by atoms with Gasteiger partial charge in [0.25, 0.3) is 5.91 Å². The van der Waals surface area contributed by atoms with Gasteiger partial charge in [-0.1, -0.05) is 42.5 Å². The lowest BCUT2D eigenvalue weighted by molar-refractivity contribution is 0.0756. The van der Waals surface area contributed by atoms with Gasteiger partial charge in [-0.05, 0) is 48.2 Å². The fraction of sp³-hybridized carbons (Fsp3) is 0.292. The van der Waals surface area contributed by atoms with Gasteiger partial charge in [-0.25, -0.2) is 4.39 Å². The first-order valence-electron chi connectivity index (χ1n) is 10.1. The molecule has 1 aromatic heterocycles. The molecule has 150 valence electrons. The Morgan fingerprint density at radius 3 is 2.21 bits per heavy atom. The summed E-state index contributed by atoms with van der Waals surface area (Å²) in [6, 6.07) is 20.4. The van der Waals surface area contributed by atoms with Crippen LogP contribution >= 0.6 is 0 Å². The van der Waals surface area contributed by atoms with Crippen molar-refractivity contribution < 1.29 is 13.6 Å². The van der Waals surface area contributed by atoms with Crippen molar-refractivity contribution in [2.45, 2.75) is 32.5 Å². The van der Waals surface area contributed by atoms with Crippen LogP contribution in [0.3, 0.4) is 0 Å². The van der Waals surface area contributed by atoms with Gasteiger partial charge >= 0.3 is 0 Å². The van der Waals surface area contributed by atoms with Crippen LogP contribution in [-0.4, -0.2) is 28.8 Å². The molecule has 0 spiro atoms. The summed E-state index contributed by atoms with van der Waals surface area (Å²) >= 11 is 0. The Morgan fingerprint density at radius 1 is 0.862 bits per heavy atom. The largest absolute Gasteiger partial charge is 0.455 e. The molecule has 4 rings (SSSR count). The molecule has 1 aliphatic rings. The molecule has 0 saturated carbocycles. The predicted octanol–water partition coefficient (Wildman–Crippen LogP) is 4.86. The SMILES string of the molecule is O=C(c1ccc(CN(Cc2ccccc2)Cc2ccc(F)cc2)o1)N1CCCC1. The number of nitrogens with zero attached hydrogens (tertiary/aromatic N) is 2. The van der Waals surface area contributed by atoms with E-state index < -0.39 is 0 Å². The second-order valence-electron chi connectivity index (χ2n) is 7.52. The fourth-order valence-corrected chi connectivity index (χ4v) is 3.73. The van der Waals surface area contributed by atoms with E-state index in [-0.39, 0.29) is 11.7 Å². The van der Waals surface area contributed by atoms with E-state index in [1.54, 1.807) is 18.2 Å². The smallest absolute Gasteiger partial charge is 0.289 e. The van der Waals surface area contributed by atoms with Crippen molar-refractivity contribution >= 4 is 5.91 Å². The minimum atomic E-state index is -0.237. The summed E-state index contributed by atoms with van der Waals surface area (Å²) in [6.07, 6.45) is 2.11. The zero-order chi connectivity index (χ0) is 20.1. The van der Waals surface area contributed by atoms with Crippen LogP contribution in [-0.2, 0) is 19.6 Å². The predicted molar refractivity (Wildman–Crippen MR) is 110 cm³/mol. The number of furan rings is 1. The van der Waals surface area contributed by atoms with Crippen molar-refractivity contribution in [1.82, 2.24) is 9.80 Å². The minimum Gasteiger partial charge on any atom is -0.455 e. The summed E-state index contributed by atoms with van der Waals surface area (Å²) in [5.74, 6) is 0.898. The molecular formula is C24H25FN2O2. The van der Waals surface area contributed by atoms with Crippen LogP contribution in [0, 0.1) is 5.82 Å². The minimum absolute atomic E-state index is 0.0260. The Labute approximate surface area is 170 Å². The van der Waals surface area contributed by atoms with E-state index in [1.165, 1.54) is 17.7 Å². The number of carbonyl (C=O) groups excluding carboxylic acids is 1. The number of hydrogen-bond donors (Lipinski definition) is 0. The van der Waals surface area contributed by atoms with E-state index >= 15 is 0 Å². The molecule has 0 N–H and O–H groups in total. The molecule has 2 heterocycles. The highest BCUT2D eigenvalue weighted by Gasteiger charge is 2.22. The summed E-state index contributed by atoms with van der Waals surface area (Å²) in [4.78, 5) is 16.6. The molecule has 1 saturated heterocycles. The Balaban J connectivity index is 1.48. The highest BCUT2D eigenvalue weighted by Crippen LogP contribution is 2.19. The van der Waals surface area contributed by atoms with Gasteiger partial charge < -0.3 is 9.32 Å². The molecule has 3 aromatic rings. The molecule has 29 heavy (non-hydrogen) atoms. The zero-order valence-corrected chi connectivity index (χ0v) is 16.4.